The van der Waals surface area contributed by atoms with Gasteiger partial charge in [0.1, 0.15) is 17.2 Å². The van der Waals surface area contributed by atoms with E-state index in [1.165, 1.54) is 25.0 Å². The Morgan fingerprint density at radius 3 is 2.39 bits per heavy atom. The van der Waals surface area contributed by atoms with E-state index < -0.39 is 0 Å². The van der Waals surface area contributed by atoms with Crippen molar-refractivity contribution < 1.29 is 18.4 Å². The fraction of sp³-hybridized carbons (Fsp3) is 0.185. The van der Waals surface area contributed by atoms with Crippen LogP contribution in [0, 0.1) is 11.7 Å². The van der Waals surface area contributed by atoms with Gasteiger partial charge in [0.05, 0.1) is 5.56 Å². The maximum atomic E-state index is 13.4. The lowest BCUT2D eigenvalue weighted by atomic mass is 9.99. The van der Waals surface area contributed by atoms with Gasteiger partial charge in [-0.25, -0.2) is 4.39 Å². The van der Waals surface area contributed by atoms with Crippen molar-refractivity contribution in [1.29, 1.82) is 0 Å². The zero-order chi connectivity index (χ0) is 22.9. The molecule has 0 saturated heterocycles. The number of hydrogen-bond acceptors (Lipinski definition) is 3. The van der Waals surface area contributed by atoms with Gasteiger partial charge in [0.15, 0.2) is 0 Å². The van der Waals surface area contributed by atoms with Gasteiger partial charge in [-0.05, 0) is 78.4 Å². The molecule has 0 bridgehead atoms. The monoisotopic (exact) mass is 442 g/mol. The molecular weight excluding hydrogens is 419 g/mol. The third kappa shape index (κ3) is 4.24. The minimum atomic E-state index is -0.361. The SMILES string of the molecule is CNC(=O)c1c(-c2ccc(F)cc2)oc2ccc(-c3cccc(C(=O)NCC4CC4)c3)cc12. The van der Waals surface area contributed by atoms with E-state index in [0.717, 1.165) is 11.1 Å². The maximum absolute atomic E-state index is 13.4. The van der Waals surface area contributed by atoms with Gasteiger partial charge in [0.2, 0.25) is 0 Å². The minimum Gasteiger partial charge on any atom is -0.455 e. The van der Waals surface area contributed by atoms with E-state index >= 15 is 0 Å². The molecule has 2 N–H and O–H groups in total. The normalized spacial score (nSPS) is 13.2. The summed E-state index contributed by atoms with van der Waals surface area (Å²) >= 11 is 0. The van der Waals surface area contributed by atoms with E-state index in [1.807, 2.05) is 36.4 Å². The van der Waals surface area contributed by atoms with E-state index in [9.17, 15) is 14.0 Å². The first-order chi connectivity index (χ1) is 16.0. The number of fused-ring (bicyclic) bond motifs is 1. The van der Waals surface area contributed by atoms with Crippen LogP contribution < -0.4 is 10.6 Å². The summed E-state index contributed by atoms with van der Waals surface area (Å²) in [5.41, 5.74) is 3.87. The first kappa shape index (κ1) is 20.9. The summed E-state index contributed by atoms with van der Waals surface area (Å²) in [5, 5.41) is 6.31. The Kier molecular flexibility index (Phi) is 5.42. The Morgan fingerprint density at radius 1 is 0.939 bits per heavy atom. The number of nitrogens with one attached hydrogen (secondary N) is 2. The number of hydrogen-bond donors (Lipinski definition) is 2. The summed E-state index contributed by atoms with van der Waals surface area (Å²) in [6.07, 6.45) is 2.36. The molecule has 1 aliphatic carbocycles. The average Bonchev–Trinajstić information content (AvgIpc) is 3.60. The van der Waals surface area contributed by atoms with Gasteiger partial charge in [0.25, 0.3) is 11.8 Å². The third-order valence-electron chi connectivity index (χ3n) is 5.95. The molecule has 33 heavy (non-hydrogen) atoms. The van der Waals surface area contributed by atoms with Crippen LogP contribution in [-0.2, 0) is 0 Å². The van der Waals surface area contributed by atoms with Crippen LogP contribution in [0.4, 0.5) is 4.39 Å². The summed E-state index contributed by atoms with van der Waals surface area (Å²) in [6.45, 7) is 0.714. The van der Waals surface area contributed by atoms with Gasteiger partial charge in [0, 0.05) is 30.1 Å². The summed E-state index contributed by atoms with van der Waals surface area (Å²) < 4.78 is 19.4. The lowest BCUT2D eigenvalue weighted by Gasteiger charge is -2.07. The van der Waals surface area contributed by atoms with Crippen LogP contribution in [0.1, 0.15) is 33.6 Å². The molecule has 0 aliphatic heterocycles. The first-order valence-electron chi connectivity index (χ1n) is 11.0. The number of halogens is 1. The van der Waals surface area contributed by atoms with Crippen molar-refractivity contribution in [1.82, 2.24) is 10.6 Å². The van der Waals surface area contributed by atoms with Crippen LogP contribution >= 0.6 is 0 Å². The van der Waals surface area contributed by atoms with E-state index in [4.69, 9.17) is 4.42 Å². The molecule has 0 unspecified atom stereocenters. The van der Waals surface area contributed by atoms with Gasteiger partial charge in [-0.1, -0.05) is 18.2 Å². The van der Waals surface area contributed by atoms with E-state index in [2.05, 4.69) is 10.6 Å². The average molecular weight is 442 g/mol. The summed E-state index contributed by atoms with van der Waals surface area (Å²) in [4.78, 5) is 25.3. The van der Waals surface area contributed by atoms with Gasteiger partial charge in [-0.15, -0.1) is 0 Å². The summed E-state index contributed by atoms with van der Waals surface area (Å²) in [6, 6.07) is 18.9. The second-order valence-electron chi connectivity index (χ2n) is 8.34. The van der Waals surface area contributed by atoms with Crippen LogP contribution in [0.25, 0.3) is 33.4 Å². The standard InChI is InChI=1S/C27H23FN2O3/c1-29-27(32)24-22-14-19(9-12-23(22)33-25(24)17-7-10-21(28)11-8-17)18-3-2-4-20(13-18)26(31)30-15-16-5-6-16/h2-4,7-14,16H,5-6,15H2,1H3,(H,29,32)(H,30,31). The van der Waals surface area contributed by atoms with E-state index in [1.54, 1.807) is 25.2 Å². The number of rotatable bonds is 6. The molecule has 6 heteroatoms. The smallest absolute Gasteiger partial charge is 0.255 e. The lowest BCUT2D eigenvalue weighted by molar-refractivity contribution is 0.0948. The number of benzene rings is 3. The van der Waals surface area contributed by atoms with Crippen molar-refractivity contribution in [2.24, 2.45) is 5.92 Å². The molecule has 3 aromatic carbocycles. The highest BCUT2D eigenvalue weighted by molar-refractivity contribution is 6.11. The molecule has 5 nitrogen and oxygen atoms in total. The Hall–Kier alpha value is -3.93. The molecule has 1 aliphatic rings. The summed E-state index contributed by atoms with van der Waals surface area (Å²) in [5.74, 6) is 0.254. The second-order valence-corrected chi connectivity index (χ2v) is 8.34. The minimum absolute atomic E-state index is 0.0854. The van der Waals surface area contributed by atoms with Crippen molar-refractivity contribution in [3.63, 3.8) is 0 Å². The molecule has 2 amide bonds. The van der Waals surface area contributed by atoms with Gasteiger partial charge < -0.3 is 15.1 Å². The summed E-state index contributed by atoms with van der Waals surface area (Å²) in [7, 11) is 1.56. The van der Waals surface area contributed by atoms with Gasteiger partial charge in [-0.2, -0.15) is 0 Å². The van der Waals surface area contributed by atoms with Gasteiger partial charge in [-0.3, -0.25) is 9.59 Å². The fourth-order valence-corrected chi connectivity index (χ4v) is 3.93. The van der Waals surface area contributed by atoms with Crippen LogP contribution in [0.2, 0.25) is 0 Å². The molecule has 0 atom stereocenters. The molecule has 1 fully saturated rings. The molecule has 0 spiro atoms. The molecular formula is C27H23FN2O3. The number of furan rings is 1. The predicted octanol–water partition coefficient (Wildman–Crippen LogP) is 5.41. The zero-order valence-electron chi connectivity index (χ0n) is 18.2. The quantitative estimate of drug-likeness (QED) is 0.420. The van der Waals surface area contributed by atoms with Crippen molar-refractivity contribution in [3.8, 4) is 22.5 Å². The Morgan fingerprint density at radius 2 is 1.67 bits per heavy atom. The molecule has 1 saturated carbocycles. The molecule has 166 valence electrons. The first-order valence-corrected chi connectivity index (χ1v) is 11.0. The van der Waals surface area contributed by atoms with Crippen LogP contribution in [0.15, 0.2) is 71.1 Å². The molecule has 5 rings (SSSR count). The van der Waals surface area contributed by atoms with Crippen LogP contribution in [-0.4, -0.2) is 25.4 Å². The second kappa shape index (κ2) is 8.54. The number of amides is 2. The lowest BCUT2D eigenvalue weighted by Crippen LogP contribution is -2.25. The fourth-order valence-electron chi connectivity index (χ4n) is 3.93. The third-order valence-corrected chi connectivity index (χ3v) is 5.95. The molecule has 0 radical (unpaired) electrons. The number of carbonyl (C=O) groups is 2. The Bertz CT molecular complexity index is 1350. The van der Waals surface area contributed by atoms with Crippen LogP contribution in [0.5, 0.6) is 0 Å². The van der Waals surface area contributed by atoms with Crippen LogP contribution in [0.3, 0.4) is 0 Å². The van der Waals surface area contributed by atoms with Crippen molar-refractivity contribution in [2.45, 2.75) is 12.8 Å². The van der Waals surface area contributed by atoms with Crippen molar-refractivity contribution in [2.75, 3.05) is 13.6 Å². The number of carbonyl (C=O) groups excluding carboxylic acids is 2. The Labute approximate surface area is 190 Å². The molecule has 1 heterocycles. The van der Waals surface area contributed by atoms with Crippen molar-refractivity contribution >= 4 is 22.8 Å². The highest BCUT2D eigenvalue weighted by Crippen LogP contribution is 2.36. The van der Waals surface area contributed by atoms with Gasteiger partial charge >= 0.3 is 0 Å². The highest BCUT2D eigenvalue weighted by Gasteiger charge is 2.23. The van der Waals surface area contributed by atoms with Crippen molar-refractivity contribution in [3.05, 3.63) is 83.7 Å². The Balaban J connectivity index is 1.55. The predicted molar refractivity (Wildman–Crippen MR) is 125 cm³/mol. The molecule has 1 aromatic heterocycles. The maximum Gasteiger partial charge on any atom is 0.255 e. The topological polar surface area (TPSA) is 71.3 Å². The molecule has 4 aromatic rings. The highest BCUT2D eigenvalue weighted by atomic mass is 19.1. The zero-order valence-corrected chi connectivity index (χ0v) is 18.2. The van der Waals surface area contributed by atoms with E-state index in [0.29, 0.717) is 45.9 Å². The largest absolute Gasteiger partial charge is 0.455 e. The van der Waals surface area contributed by atoms with E-state index in [-0.39, 0.29) is 17.6 Å².